The summed E-state index contributed by atoms with van der Waals surface area (Å²) in [5.74, 6) is -1.60. The molecule has 0 spiro atoms. The zero-order valence-electron chi connectivity index (χ0n) is 17.5. The number of carbonyl (C=O) groups excluding carboxylic acids is 2. The van der Waals surface area contributed by atoms with Crippen LogP contribution in [0.3, 0.4) is 0 Å². The molecule has 8 nitrogen and oxygen atoms in total. The van der Waals surface area contributed by atoms with E-state index in [4.69, 9.17) is 9.15 Å². The number of nitrogens with one attached hydrogen (secondary N) is 2. The highest BCUT2D eigenvalue weighted by Gasteiger charge is 2.31. The van der Waals surface area contributed by atoms with Crippen LogP contribution < -0.4 is 20.1 Å². The molecule has 1 aromatic heterocycles. The third-order valence-corrected chi connectivity index (χ3v) is 4.29. The number of halogens is 4. The molecule has 2 aromatic carbocycles. The lowest BCUT2D eigenvalue weighted by molar-refractivity contribution is -0.274. The van der Waals surface area contributed by atoms with Gasteiger partial charge in [0.25, 0.3) is 11.8 Å². The van der Waals surface area contributed by atoms with Crippen LogP contribution in [-0.2, 0) is 17.8 Å². The molecule has 34 heavy (non-hydrogen) atoms. The first-order valence-corrected chi connectivity index (χ1v) is 9.91. The average molecular weight is 481 g/mol. The van der Waals surface area contributed by atoms with Gasteiger partial charge in [-0.15, -0.1) is 13.2 Å². The first-order chi connectivity index (χ1) is 16.2. The molecule has 0 aliphatic heterocycles. The standard InChI is InChI=1S/C22H19F4N3O5/c23-17-4-2-1-3-14(17)9-10-27-21(31)18-12-33-20(29-18)11-28-19(30)13-32-15-5-7-16(8-6-15)34-22(24,25)26/h1-8,12H,9-11,13H2,(H,27,31)(H,28,30). The largest absolute Gasteiger partial charge is 0.573 e. The number of benzene rings is 2. The first kappa shape index (κ1) is 24.6. The monoisotopic (exact) mass is 481 g/mol. The van der Waals surface area contributed by atoms with Gasteiger partial charge in [-0.25, -0.2) is 9.37 Å². The molecule has 0 bridgehead atoms. The van der Waals surface area contributed by atoms with Crippen LogP contribution in [0, 0.1) is 5.82 Å². The fourth-order valence-corrected chi connectivity index (χ4v) is 2.71. The minimum atomic E-state index is -4.80. The van der Waals surface area contributed by atoms with Gasteiger partial charge in [-0.05, 0) is 42.3 Å². The van der Waals surface area contributed by atoms with Gasteiger partial charge in [-0.2, -0.15) is 0 Å². The summed E-state index contributed by atoms with van der Waals surface area (Å²) >= 11 is 0. The molecule has 2 amide bonds. The minimum Gasteiger partial charge on any atom is -0.484 e. The van der Waals surface area contributed by atoms with E-state index in [1.807, 2.05) is 0 Å². The fourth-order valence-electron chi connectivity index (χ4n) is 2.71. The van der Waals surface area contributed by atoms with E-state index in [1.165, 1.54) is 18.2 Å². The van der Waals surface area contributed by atoms with Crippen molar-refractivity contribution in [3.05, 3.63) is 77.8 Å². The van der Waals surface area contributed by atoms with Crippen LogP contribution in [0.15, 0.2) is 59.2 Å². The Hall–Kier alpha value is -4.09. The van der Waals surface area contributed by atoms with E-state index in [-0.39, 0.29) is 36.2 Å². The van der Waals surface area contributed by atoms with Crippen molar-refractivity contribution in [3.8, 4) is 11.5 Å². The van der Waals surface area contributed by atoms with Crippen molar-refractivity contribution in [2.24, 2.45) is 0 Å². The zero-order chi connectivity index (χ0) is 24.6. The fraction of sp³-hybridized carbons (Fsp3) is 0.227. The van der Waals surface area contributed by atoms with Gasteiger partial charge in [0, 0.05) is 6.54 Å². The van der Waals surface area contributed by atoms with E-state index in [2.05, 4.69) is 20.4 Å². The Morgan fingerprint density at radius 3 is 2.41 bits per heavy atom. The SMILES string of the molecule is O=C(COc1ccc(OC(F)(F)F)cc1)NCc1nc(C(=O)NCCc2ccccc2F)co1. The number of aromatic nitrogens is 1. The Balaban J connectivity index is 1.38. The molecule has 1 heterocycles. The van der Waals surface area contributed by atoms with Crippen LogP contribution in [0.1, 0.15) is 21.9 Å². The summed E-state index contributed by atoms with van der Waals surface area (Å²) in [5.41, 5.74) is 0.467. The Labute approximate surface area is 190 Å². The van der Waals surface area contributed by atoms with E-state index in [0.29, 0.717) is 12.0 Å². The summed E-state index contributed by atoms with van der Waals surface area (Å²) in [4.78, 5) is 28.0. The van der Waals surface area contributed by atoms with E-state index >= 15 is 0 Å². The molecule has 0 aliphatic rings. The summed E-state index contributed by atoms with van der Waals surface area (Å²) in [5, 5.41) is 5.07. The van der Waals surface area contributed by atoms with Crippen molar-refractivity contribution < 1.29 is 41.0 Å². The molecule has 0 aliphatic carbocycles. The van der Waals surface area contributed by atoms with Crippen LogP contribution in [0.25, 0.3) is 0 Å². The van der Waals surface area contributed by atoms with Gasteiger partial charge in [-0.1, -0.05) is 18.2 Å². The average Bonchev–Trinajstić information content (AvgIpc) is 3.27. The van der Waals surface area contributed by atoms with Crippen LogP contribution >= 0.6 is 0 Å². The lowest BCUT2D eigenvalue weighted by Gasteiger charge is -2.10. The highest BCUT2D eigenvalue weighted by atomic mass is 19.4. The topological polar surface area (TPSA) is 103 Å². The predicted molar refractivity (Wildman–Crippen MR) is 109 cm³/mol. The summed E-state index contributed by atoms with van der Waals surface area (Å²) in [7, 11) is 0. The van der Waals surface area contributed by atoms with E-state index in [9.17, 15) is 27.2 Å². The predicted octanol–water partition coefficient (Wildman–Crippen LogP) is 3.38. The van der Waals surface area contributed by atoms with Crippen LogP contribution in [0.4, 0.5) is 17.6 Å². The second-order valence-corrected chi connectivity index (χ2v) is 6.81. The first-order valence-electron chi connectivity index (χ1n) is 9.91. The molecule has 0 unspecified atom stereocenters. The number of oxazole rings is 1. The summed E-state index contributed by atoms with van der Waals surface area (Å²) in [6, 6.07) is 10.8. The van der Waals surface area contributed by atoms with Gasteiger partial charge < -0.3 is 24.5 Å². The maximum absolute atomic E-state index is 13.6. The van der Waals surface area contributed by atoms with Gasteiger partial charge in [0.05, 0.1) is 6.54 Å². The molecule has 0 radical (unpaired) electrons. The molecule has 180 valence electrons. The number of ether oxygens (including phenoxy) is 2. The molecular formula is C22H19F4N3O5. The molecular weight excluding hydrogens is 462 g/mol. The van der Waals surface area contributed by atoms with E-state index < -0.39 is 30.5 Å². The molecule has 3 aromatic rings. The van der Waals surface area contributed by atoms with Gasteiger partial charge in [0.1, 0.15) is 23.6 Å². The van der Waals surface area contributed by atoms with Crippen LogP contribution in [-0.4, -0.2) is 36.3 Å². The number of hydrogen-bond acceptors (Lipinski definition) is 6. The van der Waals surface area contributed by atoms with Gasteiger partial charge in [0.2, 0.25) is 5.89 Å². The highest BCUT2D eigenvalue weighted by molar-refractivity contribution is 5.91. The quantitative estimate of drug-likeness (QED) is 0.431. The Kier molecular flexibility index (Phi) is 8.06. The molecule has 2 N–H and O–H groups in total. The molecule has 3 rings (SSSR count). The number of hydrogen-bond donors (Lipinski definition) is 2. The molecule has 12 heteroatoms. The smallest absolute Gasteiger partial charge is 0.484 e. The highest BCUT2D eigenvalue weighted by Crippen LogP contribution is 2.24. The lowest BCUT2D eigenvalue weighted by Crippen LogP contribution is -2.29. The Morgan fingerprint density at radius 2 is 1.71 bits per heavy atom. The molecule has 0 atom stereocenters. The van der Waals surface area contributed by atoms with Gasteiger partial charge in [-0.3, -0.25) is 9.59 Å². The minimum absolute atomic E-state index is 0.00445. The Bertz CT molecular complexity index is 1120. The van der Waals surface area contributed by atoms with Gasteiger partial charge in [0.15, 0.2) is 12.3 Å². The van der Waals surface area contributed by atoms with E-state index in [1.54, 1.807) is 18.2 Å². The van der Waals surface area contributed by atoms with Crippen molar-refractivity contribution >= 4 is 11.8 Å². The number of nitrogens with zero attached hydrogens (tertiary/aromatic N) is 1. The summed E-state index contributed by atoms with van der Waals surface area (Å²) in [6.45, 7) is -0.341. The number of carbonyl (C=O) groups is 2. The number of rotatable bonds is 10. The second-order valence-electron chi connectivity index (χ2n) is 6.81. The molecule has 0 saturated heterocycles. The van der Waals surface area contributed by atoms with E-state index in [0.717, 1.165) is 18.4 Å². The third-order valence-electron chi connectivity index (χ3n) is 4.29. The van der Waals surface area contributed by atoms with Crippen molar-refractivity contribution in [2.45, 2.75) is 19.3 Å². The normalized spacial score (nSPS) is 11.1. The van der Waals surface area contributed by atoms with Crippen molar-refractivity contribution in [1.29, 1.82) is 0 Å². The maximum atomic E-state index is 13.6. The van der Waals surface area contributed by atoms with Crippen molar-refractivity contribution in [3.63, 3.8) is 0 Å². The van der Waals surface area contributed by atoms with Crippen LogP contribution in [0.5, 0.6) is 11.5 Å². The third kappa shape index (κ3) is 7.80. The summed E-state index contributed by atoms with van der Waals surface area (Å²) in [6.07, 6.45) is -3.37. The van der Waals surface area contributed by atoms with Crippen molar-refractivity contribution in [2.75, 3.05) is 13.2 Å². The van der Waals surface area contributed by atoms with Crippen LogP contribution in [0.2, 0.25) is 0 Å². The molecule has 0 saturated carbocycles. The maximum Gasteiger partial charge on any atom is 0.573 e. The number of alkyl halides is 3. The van der Waals surface area contributed by atoms with Gasteiger partial charge >= 0.3 is 6.36 Å². The zero-order valence-corrected chi connectivity index (χ0v) is 17.5. The second kappa shape index (κ2) is 11.2. The lowest BCUT2D eigenvalue weighted by atomic mass is 10.1. The Morgan fingerprint density at radius 1 is 1.00 bits per heavy atom. The van der Waals surface area contributed by atoms with Crippen molar-refractivity contribution in [1.82, 2.24) is 15.6 Å². The number of amides is 2. The molecule has 0 fully saturated rings. The summed E-state index contributed by atoms with van der Waals surface area (Å²) < 4.78 is 64.1.